The quantitative estimate of drug-likeness (QED) is 0.0204. The zero-order chi connectivity index (χ0) is 65.9. The van der Waals surface area contributed by atoms with Crippen molar-refractivity contribution in [2.45, 2.75) is 338 Å². The van der Waals surface area contributed by atoms with Crippen molar-refractivity contribution in [3.8, 4) is 0 Å². The Kier molecular flexibility index (Phi) is 55.1. The largest absolute Gasteiger partial charge is 0.394 e. The van der Waals surface area contributed by atoms with E-state index in [4.69, 9.17) is 18.9 Å². The number of amides is 1. The minimum absolute atomic E-state index is 0.254. The second-order valence-electron chi connectivity index (χ2n) is 25.0. The summed E-state index contributed by atoms with van der Waals surface area (Å²) in [6, 6.07) is -0.941. The number of allylic oxidation sites excluding steroid dienone is 19. The molecule has 12 atom stereocenters. The molecule has 1 amide bonds. The van der Waals surface area contributed by atoms with E-state index < -0.39 is 86.8 Å². The highest BCUT2D eigenvalue weighted by Gasteiger charge is 2.51. The molecule has 14 heteroatoms. The highest BCUT2D eigenvalue weighted by molar-refractivity contribution is 5.76. The predicted molar refractivity (Wildman–Crippen MR) is 373 cm³/mol. The summed E-state index contributed by atoms with van der Waals surface area (Å²) in [6.45, 7) is 2.68. The van der Waals surface area contributed by atoms with E-state index in [-0.39, 0.29) is 18.9 Å². The number of hydrogen-bond acceptors (Lipinski definition) is 13. The number of carbonyl (C=O) groups excluding carboxylic acids is 1. The second kappa shape index (κ2) is 60.1. The van der Waals surface area contributed by atoms with E-state index >= 15 is 0 Å². The first kappa shape index (κ1) is 83.5. The summed E-state index contributed by atoms with van der Waals surface area (Å²) in [4.78, 5) is 13.3. The van der Waals surface area contributed by atoms with Crippen LogP contribution in [0.5, 0.6) is 0 Å². The van der Waals surface area contributed by atoms with Crippen LogP contribution in [0.25, 0.3) is 0 Å². The fraction of sp³-hybridized carbons (Fsp3) is 0.727. The molecule has 14 nitrogen and oxygen atoms in total. The van der Waals surface area contributed by atoms with Gasteiger partial charge in [0.15, 0.2) is 12.6 Å². The molecule has 0 bridgehead atoms. The number of unbranched alkanes of at least 4 members (excludes halogenated alkanes) is 27. The Labute approximate surface area is 552 Å². The van der Waals surface area contributed by atoms with Gasteiger partial charge in [-0.3, -0.25) is 4.79 Å². The normalized spacial score (nSPS) is 23.5. The monoisotopic (exact) mass is 1280 g/mol. The summed E-state index contributed by atoms with van der Waals surface area (Å²) in [5.41, 5.74) is 0. The molecule has 12 unspecified atom stereocenters. The van der Waals surface area contributed by atoms with Crippen molar-refractivity contribution in [1.82, 2.24) is 5.32 Å². The average molecular weight is 1280 g/mol. The van der Waals surface area contributed by atoms with Gasteiger partial charge in [0.25, 0.3) is 0 Å². The van der Waals surface area contributed by atoms with E-state index in [9.17, 15) is 45.6 Å². The van der Waals surface area contributed by atoms with Crippen molar-refractivity contribution >= 4 is 5.91 Å². The maximum absolute atomic E-state index is 13.3. The highest BCUT2D eigenvalue weighted by Crippen LogP contribution is 2.30. The molecule has 2 aliphatic rings. The van der Waals surface area contributed by atoms with Crippen molar-refractivity contribution in [2.24, 2.45) is 0 Å². The molecular formula is C77H131NO13. The first-order valence-electron chi connectivity index (χ1n) is 36.3. The number of aliphatic hydroxyl groups is 8. The first-order valence-corrected chi connectivity index (χ1v) is 36.3. The molecule has 2 rings (SSSR count). The van der Waals surface area contributed by atoms with E-state index in [1.54, 1.807) is 6.08 Å². The molecule has 2 aliphatic heterocycles. The van der Waals surface area contributed by atoms with Gasteiger partial charge < -0.3 is 65.1 Å². The first-order chi connectivity index (χ1) is 44.6. The zero-order valence-electron chi connectivity index (χ0n) is 56.8. The number of rotatable bonds is 58. The van der Waals surface area contributed by atoms with Crippen LogP contribution < -0.4 is 5.32 Å². The summed E-state index contributed by atoms with van der Waals surface area (Å²) in [7, 11) is 0. The Morgan fingerprint density at radius 3 is 1.21 bits per heavy atom. The zero-order valence-corrected chi connectivity index (χ0v) is 56.8. The molecule has 2 heterocycles. The van der Waals surface area contributed by atoms with Gasteiger partial charge in [0.2, 0.25) is 5.91 Å². The molecule has 0 spiro atoms. The van der Waals surface area contributed by atoms with Gasteiger partial charge in [-0.15, -0.1) is 0 Å². The summed E-state index contributed by atoms with van der Waals surface area (Å²) >= 11 is 0. The van der Waals surface area contributed by atoms with E-state index in [1.165, 1.54) is 141 Å². The van der Waals surface area contributed by atoms with Crippen molar-refractivity contribution in [1.29, 1.82) is 0 Å². The third kappa shape index (κ3) is 43.9. The third-order valence-electron chi connectivity index (χ3n) is 16.9. The van der Waals surface area contributed by atoms with Gasteiger partial charge in [-0.1, -0.05) is 283 Å². The lowest BCUT2D eigenvalue weighted by atomic mass is 9.97. The van der Waals surface area contributed by atoms with Gasteiger partial charge in [-0.05, 0) is 96.3 Å². The van der Waals surface area contributed by atoms with E-state index in [0.29, 0.717) is 12.8 Å². The SMILES string of the molecule is CC/C=C\C/C=C\C/C=C\C/C=C\C/C=C\C/C=C\C/C=C\C/C=C\CCCCCCCCCCCCCCC(=O)NC(COC1OC(CO)C(OC2OC(CO)C(O)C(O)C2O)C(O)C1O)C(O)/C=C/CC/C=C/CCCCCCCCCCCCCCCC. The molecule has 0 aromatic rings. The maximum atomic E-state index is 13.3. The predicted octanol–water partition coefficient (Wildman–Crippen LogP) is 15.3. The van der Waals surface area contributed by atoms with Crippen molar-refractivity contribution in [3.05, 3.63) is 122 Å². The number of ether oxygens (including phenoxy) is 4. The number of hydrogen-bond donors (Lipinski definition) is 9. The van der Waals surface area contributed by atoms with Crippen molar-refractivity contribution in [2.75, 3.05) is 19.8 Å². The Morgan fingerprint density at radius 1 is 0.407 bits per heavy atom. The molecule has 91 heavy (non-hydrogen) atoms. The van der Waals surface area contributed by atoms with Crippen LogP contribution in [0.4, 0.5) is 0 Å². The molecule has 9 N–H and O–H groups in total. The van der Waals surface area contributed by atoms with Crippen LogP contribution in [0.2, 0.25) is 0 Å². The molecule has 522 valence electrons. The topological polar surface area (TPSA) is 228 Å². The minimum atomic E-state index is -1.80. The molecule has 0 radical (unpaired) electrons. The van der Waals surface area contributed by atoms with Crippen LogP contribution in [0.15, 0.2) is 122 Å². The van der Waals surface area contributed by atoms with Crippen LogP contribution in [0, 0.1) is 0 Å². The smallest absolute Gasteiger partial charge is 0.220 e. The fourth-order valence-electron chi connectivity index (χ4n) is 11.1. The van der Waals surface area contributed by atoms with Crippen LogP contribution >= 0.6 is 0 Å². The van der Waals surface area contributed by atoms with Crippen LogP contribution in [-0.2, 0) is 23.7 Å². The van der Waals surface area contributed by atoms with Crippen molar-refractivity contribution < 1.29 is 64.6 Å². The van der Waals surface area contributed by atoms with Crippen LogP contribution in [0.1, 0.15) is 264 Å². The minimum Gasteiger partial charge on any atom is -0.394 e. The molecule has 0 aromatic heterocycles. The van der Waals surface area contributed by atoms with Gasteiger partial charge in [0.05, 0.1) is 32.0 Å². The Morgan fingerprint density at radius 2 is 0.769 bits per heavy atom. The Bertz CT molecular complexity index is 1990. The number of carbonyl (C=O) groups is 1. The Hall–Kier alpha value is -3.61. The highest BCUT2D eigenvalue weighted by atomic mass is 16.7. The lowest BCUT2D eigenvalue weighted by Crippen LogP contribution is -2.65. The molecule has 2 fully saturated rings. The molecule has 0 aliphatic carbocycles. The lowest BCUT2D eigenvalue weighted by molar-refractivity contribution is -0.359. The van der Waals surface area contributed by atoms with Crippen LogP contribution in [0.3, 0.4) is 0 Å². The molecule has 2 saturated heterocycles. The maximum Gasteiger partial charge on any atom is 0.220 e. The average Bonchev–Trinajstić information content (AvgIpc) is 1.04. The van der Waals surface area contributed by atoms with Crippen LogP contribution in [-0.4, -0.2) is 140 Å². The van der Waals surface area contributed by atoms with Gasteiger partial charge in [0, 0.05) is 6.42 Å². The fourth-order valence-corrected chi connectivity index (χ4v) is 11.1. The summed E-state index contributed by atoms with van der Waals surface area (Å²) in [5.74, 6) is -0.254. The second-order valence-corrected chi connectivity index (χ2v) is 25.0. The standard InChI is InChI=1S/C77H131NO13/c1-3-5-7-9-11-13-15-17-19-21-23-25-26-27-28-29-30-31-32-33-34-35-36-37-38-39-40-41-43-45-47-49-51-53-55-57-59-61-69(82)78-65(66(81)60-58-56-54-52-50-48-46-44-42-24-22-20-18-16-14-12-10-8-6-4-2)64-88-76-74(87)72(85)75(68(63-80)90-76)91-77-73(86)71(84)70(83)67(62-79)89-77/h5,7,11,13,17,19,23,25,27-28,30-31,33-34,36-37,50,52,58,60,65-68,70-77,79-81,83-87H,3-4,6,8-10,12,14-16,18,20-22,24,26,29,32,35,38-49,51,53-57,59,61-64H2,1-2H3,(H,78,82)/b7-5-,13-11-,19-17-,25-23-,28-27-,31-30-,34-33-,37-36-,52-50+,60-58+. The van der Waals surface area contributed by atoms with E-state index in [0.717, 1.165) is 89.9 Å². The summed E-state index contributed by atoms with van der Waals surface area (Å²) in [6.07, 6.45) is 71.1. The van der Waals surface area contributed by atoms with E-state index in [1.807, 2.05) is 6.08 Å². The van der Waals surface area contributed by atoms with Gasteiger partial charge >= 0.3 is 0 Å². The number of aliphatic hydroxyl groups excluding tert-OH is 8. The summed E-state index contributed by atoms with van der Waals surface area (Å²) in [5, 5.41) is 87.4. The Balaban J connectivity index is 1.65. The third-order valence-corrected chi connectivity index (χ3v) is 16.9. The molecular weight excluding hydrogens is 1150 g/mol. The molecule has 0 saturated carbocycles. The lowest BCUT2D eigenvalue weighted by Gasteiger charge is -2.46. The van der Waals surface area contributed by atoms with Crippen molar-refractivity contribution in [3.63, 3.8) is 0 Å². The van der Waals surface area contributed by atoms with Gasteiger partial charge in [-0.2, -0.15) is 0 Å². The van der Waals surface area contributed by atoms with Gasteiger partial charge in [0.1, 0.15) is 48.8 Å². The van der Waals surface area contributed by atoms with E-state index in [2.05, 4.69) is 129 Å². The number of nitrogens with one attached hydrogen (secondary N) is 1. The van der Waals surface area contributed by atoms with Gasteiger partial charge in [-0.25, -0.2) is 0 Å². The summed E-state index contributed by atoms with van der Waals surface area (Å²) < 4.78 is 22.8. The molecule has 0 aromatic carbocycles.